The molecule has 114 valence electrons. The van der Waals surface area contributed by atoms with E-state index >= 15 is 0 Å². The van der Waals surface area contributed by atoms with Crippen molar-refractivity contribution in [1.82, 2.24) is 4.72 Å². The minimum absolute atomic E-state index is 0.00533. The van der Waals surface area contributed by atoms with E-state index in [0.717, 1.165) is 13.5 Å². The van der Waals surface area contributed by atoms with Gasteiger partial charge in [0.25, 0.3) is 7.12 Å². The van der Waals surface area contributed by atoms with Gasteiger partial charge in [0.05, 0.1) is 0 Å². The number of anilines is 1. The highest BCUT2D eigenvalue weighted by atomic mass is 32.2. The van der Waals surface area contributed by atoms with E-state index < -0.39 is 15.7 Å². The molecule has 1 aromatic carbocycles. The van der Waals surface area contributed by atoms with E-state index in [0.29, 0.717) is 29.8 Å². The van der Waals surface area contributed by atoms with E-state index in [1.165, 1.54) is 6.07 Å². The molecular formula is C13H18BFN2O3S. The van der Waals surface area contributed by atoms with Crippen LogP contribution in [-0.4, -0.2) is 28.0 Å². The van der Waals surface area contributed by atoms with Gasteiger partial charge in [0.1, 0.15) is 5.82 Å². The van der Waals surface area contributed by atoms with Gasteiger partial charge in [0.15, 0.2) is 9.87 Å². The summed E-state index contributed by atoms with van der Waals surface area (Å²) in [5.74, 6) is -0.414. The van der Waals surface area contributed by atoms with Gasteiger partial charge in [-0.2, -0.15) is 0 Å². The summed E-state index contributed by atoms with van der Waals surface area (Å²) >= 11 is 0. The summed E-state index contributed by atoms with van der Waals surface area (Å²) in [6.07, 6.45) is 1.43. The van der Waals surface area contributed by atoms with Gasteiger partial charge in [0.2, 0.25) is 5.91 Å². The van der Waals surface area contributed by atoms with Crippen LogP contribution in [0.25, 0.3) is 0 Å². The lowest BCUT2D eigenvalue weighted by atomic mass is 9.97. The average molecular weight is 312 g/mol. The number of nitrogens with one attached hydrogen (secondary N) is 1. The summed E-state index contributed by atoms with van der Waals surface area (Å²) < 4.78 is 39.0. The molecular weight excluding hydrogens is 294 g/mol. The van der Waals surface area contributed by atoms with Crippen molar-refractivity contribution in [3.63, 3.8) is 0 Å². The maximum atomic E-state index is 14.5. The second-order valence-corrected chi connectivity index (χ2v) is 7.01. The van der Waals surface area contributed by atoms with Crippen LogP contribution in [0.3, 0.4) is 0 Å². The van der Waals surface area contributed by atoms with Gasteiger partial charge in [-0.25, -0.2) is 17.5 Å². The van der Waals surface area contributed by atoms with Crippen LogP contribution in [0.15, 0.2) is 12.1 Å². The summed E-state index contributed by atoms with van der Waals surface area (Å²) in [6, 6.07) is 3.23. The fourth-order valence-corrected chi connectivity index (χ4v) is 2.88. The molecule has 1 heterocycles. The number of rotatable bonds is 5. The van der Waals surface area contributed by atoms with Crippen LogP contribution in [0.2, 0.25) is 0 Å². The van der Waals surface area contributed by atoms with E-state index in [4.69, 9.17) is 0 Å². The second kappa shape index (κ2) is 6.15. The van der Waals surface area contributed by atoms with Gasteiger partial charge in [-0.1, -0.05) is 13.0 Å². The molecule has 0 unspecified atom stereocenters. The van der Waals surface area contributed by atoms with Gasteiger partial charge in [-0.3, -0.25) is 4.79 Å². The summed E-state index contributed by atoms with van der Waals surface area (Å²) in [5, 5.41) is 0. The summed E-state index contributed by atoms with van der Waals surface area (Å²) in [6.45, 7) is 2.44. The Kier molecular flexibility index (Phi) is 4.68. The smallest absolute Gasteiger partial charge is 0.275 e. The van der Waals surface area contributed by atoms with Crippen molar-refractivity contribution in [3.8, 4) is 0 Å². The topological polar surface area (TPSA) is 66.5 Å². The minimum Gasteiger partial charge on any atom is -0.312 e. The molecule has 1 N–H and O–H groups in total. The Morgan fingerprint density at radius 2 is 2.10 bits per heavy atom. The lowest BCUT2D eigenvalue weighted by Gasteiger charge is -2.30. The summed E-state index contributed by atoms with van der Waals surface area (Å²) in [5.41, 5.74) is 1.40. The molecule has 1 aromatic rings. The Bertz CT molecular complexity index is 664. The third kappa shape index (κ3) is 3.62. The number of nitrogens with zero attached hydrogens (tertiary/aromatic N) is 1. The number of carbonyl (C=O) groups is 1. The molecule has 8 heteroatoms. The Hall–Kier alpha value is -1.41. The standard InChI is InChI=1S/C13H18BFN2O3S/c1-2-7-17-11-5-3-9(8-16-21(14,19)20)13(15)10(11)4-6-12(17)18/h3,5,16H,2,4,6-8,14H2,1H3. The number of benzene rings is 1. The highest BCUT2D eigenvalue weighted by Gasteiger charge is 2.26. The molecule has 0 fully saturated rings. The second-order valence-electron chi connectivity index (χ2n) is 5.18. The van der Waals surface area contributed by atoms with Crippen molar-refractivity contribution in [3.05, 3.63) is 29.1 Å². The normalized spacial score (nSPS) is 15.1. The van der Waals surface area contributed by atoms with Crippen molar-refractivity contribution in [1.29, 1.82) is 0 Å². The maximum absolute atomic E-state index is 14.5. The first kappa shape index (κ1) is 16.0. The lowest BCUT2D eigenvalue weighted by Crippen LogP contribution is -2.36. The molecule has 0 bridgehead atoms. The zero-order valence-electron chi connectivity index (χ0n) is 12.1. The third-order valence-electron chi connectivity index (χ3n) is 3.45. The molecule has 1 aliphatic rings. The summed E-state index contributed by atoms with van der Waals surface area (Å²) in [7, 11) is -2.34. The first-order valence-electron chi connectivity index (χ1n) is 6.88. The van der Waals surface area contributed by atoms with Crippen LogP contribution in [0.4, 0.5) is 10.1 Å². The van der Waals surface area contributed by atoms with Gasteiger partial charge in [0, 0.05) is 36.3 Å². The fraction of sp³-hybridized carbons (Fsp3) is 0.462. The third-order valence-corrected chi connectivity index (χ3v) is 4.12. The predicted molar refractivity (Wildman–Crippen MR) is 81.7 cm³/mol. The molecule has 0 saturated heterocycles. The van der Waals surface area contributed by atoms with E-state index in [-0.39, 0.29) is 18.9 Å². The van der Waals surface area contributed by atoms with Gasteiger partial charge < -0.3 is 4.90 Å². The Balaban J connectivity index is 2.33. The summed E-state index contributed by atoms with van der Waals surface area (Å²) in [4.78, 5) is 13.5. The molecule has 21 heavy (non-hydrogen) atoms. The predicted octanol–water partition coefficient (Wildman–Crippen LogP) is 0.482. The van der Waals surface area contributed by atoms with Gasteiger partial charge >= 0.3 is 0 Å². The SMILES string of the molecule is BS(=O)(=O)NCc1ccc2c(c1F)CCC(=O)N2CCC. The molecule has 0 aliphatic carbocycles. The van der Waals surface area contributed by atoms with Crippen molar-refractivity contribution >= 4 is 28.6 Å². The molecule has 0 aromatic heterocycles. The molecule has 1 aliphatic heterocycles. The monoisotopic (exact) mass is 312 g/mol. The van der Waals surface area contributed by atoms with Crippen LogP contribution < -0.4 is 9.62 Å². The zero-order valence-corrected chi connectivity index (χ0v) is 13.0. The zero-order chi connectivity index (χ0) is 15.6. The minimum atomic E-state index is -3.37. The lowest BCUT2D eigenvalue weighted by molar-refractivity contribution is -0.118. The number of hydrogen-bond donors (Lipinski definition) is 1. The molecule has 2 rings (SSSR count). The van der Waals surface area contributed by atoms with Crippen LogP contribution in [0, 0.1) is 5.82 Å². The highest BCUT2D eigenvalue weighted by Crippen LogP contribution is 2.31. The largest absolute Gasteiger partial charge is 0.312 e. The van der Waals surface area contributed by atoms with Crippen molar-refractivity contribution < 1.29 is 17.6 Å². The van der Waals surface area contributed by atoms with Gasteiger partial charge in [-0.05, 0) is 18.9 Å². The number of amides is 1. The quantitative estimate of drug-likeness (QED) is 0.804. The first-order chi connectivity index (χ1) is 9.83. The van der Waals surface area contributed by atoms with Crippen molar-refractivity contribution in [2.45, 2.75) is 32.7 Å². The Labute approximate surface area is 124 Å². The van der Waals surface area contributed by atoms with Crippen molar-refractivity contribution in [2.24, 2.45) is 0 Å². The average Bonchev–Trinajstić information content (AvgIpc) is 2.40. The highest BCUT2D eigenvalue weighted by molar-refractivity contribution is 8.10. The molecule has 0 saturated carbocycles. The van der Waals surface area contributed by atoms with E-state index in [2.05, 4.69) is 4.72 Å². The maximum Gasteiger partial charge on any atom is 0.275 e. The number of fused-ring (bicyclic) bond motifs is 1. The van der Waals surface area contributed by atoms with E-state index in [1.54, 1.807) is 11.0 Å². The van der Waals surface area contributed by atoms with Crippen molar-refractivity contribution in [2.75, 3.05) is 11.4 Å². The number of hydrogen-bond acceptors (Lipinski definition) is 3. The van der Waals surface area contributed by atoms with E-state index in [9.17, 15) is 17.6 Å². The molecule has 5 nitrogen and oxygen atoms in total. The number of halogens is 1. The van der Waals surface area contributed by atoms with Crippen LogP contribution in [0.1, 0.15) is 30.9 Å². The fourth-order valence-electron chi connectivity index (χ4n) is 2.47. The van der Waals surface area contributed by atoms with Gasteiger partial charge in [-0.15, -0.1) is 0 Å². The van der Waals surface area contributed by atoms with E-state index in [1.807, 2.05) is 6.92 Å². The molecule has 0 atom stereocenters. The molecule has 0 radical (unpaired) electrons. The van der Waals surface area contributed by atoms with Crippen LogP contribution >= 0.6 is 0 Å². The number of carbonyl (C=O) groups excluding carboxylic acids is 1. The van der Waals surface area contributed by atoms with Crippen LogP contribution in [-0.2, 0) is 27.6 Å². The molecule has 1 amide bonds. The molecule has 0 spiro atoms. The Morgan fingerprint density at radius 1 is 1.38 bits per heavy atom. The first-order valence-corrected chi connectivity index (χ1v) is 8.78. The Morgan fingerprint density at radius 3 is 2.71 bits per heavy atom. The van der Waals surface area contributed by atoms with Crippen LogP contribution in [0.5, 0.6) is 0 Å².